The summed E-state index contributed by atoms with van der Waals surface area (Å²) in [4.78, 5) is 35.2. The Hall–Kier alpha value is -2.42. The van der Waals surface area contributed by atoms with Crippen LogP contribution in [-0.2, 0) is 4.79 Å². The second-order valence-electron chi connectivity index (χ2n) is 8.38. The molecular weight excluding hydrogens is 382 g/mol. The molecule has 1 aromatic heterocycles. The van der Waals surface area contributed by atoms with Gasteiger partial charge in [-0.05, 0) is 56.6 Å². The first-order valence-corrected chi connectivity index (χ1v) is 10.8. The first kappa shape index (κ1) is 20.8. The summed E-state index contributed by atoms with van der Waals surface area (Å²) in [5, 5.41) is 13.5. The van der Waals surface area contributed by atoms with E-state index in [0.29, 0.717) is 24.7 Å². The number of hydrogen-bond donors (Lipinski definition) is 3. The number of carbonyl (C=O) groups excluding carboxylic acids is 2. The highest BCUT2D eigenvalue weighted by Gasteiger charge is 2.31. The number of amides is 2. The number of H-pyrrole nitrogens is 1. The van der Waals surface area contributed by atoms with Crippen molar-refractivity contribution in [1.82, 2.24) is 25.0 Å². The highest BCUT2D eigenvalue weighted by atomic mass is 16.3. The molecule has 0 bridgehead atoms. The zero-order valence-electron chi connectivity index (χ0n) is 17.5. The third-order valence-corrected chi connectivity index (χ3v) is 6.43. The fourth-order valence-electron chi connectivity index (χ4n) is 4.50. The molecule has 8 nitrogen and oxygen atoms in total. The van der Waals surface area contributed by atoms with Crippen molar-refractivity contribution in [3.8, 4) is 0 Å². The number of fused-ring (bicyclic) bond motifs is 1. The molecular formula is C22H31N5O3. The number of aliphatic hydroxyl groups excluding tert-OH is 1. The molecule has 2 aliphatic heterocycles. The summed E-state index contributed by atoms with van der Waals surface area (Å²) in [6.07, 6.45) is 4.16. The van der Waals surface area contributed by atoms with E-state index < -0.39 is 12.6 Å². The Kier molecular flexibility index (Phi) is 6.36. The minimum absolute atomic E-state index is 0.213. The van der Waals surface area contributed by atoms with E-state index in [2.05, 4.69) is 27.1 Å². The average Bonchev–Trinajstić information content (AvgIpc) is 3.25. The molecule has 0 aliphatic carbocycles. The van der Waals surface area contributed by atoms with Crippen LogP contribution in [0.25, 0.3) is 10.9 Å². The molecule has 0 saturated carbocycles. The maximum Gasteiger partial charge on any atom is 0.252 e. The minimum Gasteiger partial charge on any atom is -0.394 e. The van der Waals surface area contributed by atoms with E-state index in [1.807, 2.05) is 18.3 Å². The zero-order valence-corrected chi connectivity index (χ0v) is 17.5. The number of nitrogens with zero attached hydrogens (tertiary/aromatic N) is 3. The molecule has 2 saturated heterocycles. The van der Waals surface area contributed by atoms with E-state index in [0.717, 1.165) is 37.1 Å². The quantitative estimate of drug-likeness (QED) is 0.664. The summed E-state index contributed by atoms with van der Waals surface area (Å²) in [5.74, 6) is -0.571. The Morgan fingerprint density at radius 3 is 2.57 bits per heavy atom. The summed E-state index contributed by atoms with van der Waals surface area (Å²) < 4.78 is 0. The van der Waals surface area contributed by atoms with Gasteiger partial charge < -0.3 is 25.2 Å². The number of aromatic nitrogens is 1. The van der Waals surface area contributed by atoms with Crippen molar-refractivity contribution in [1.29, 1.82) is 0 Å². The largest absolute Gasteiger partial charge is 0.394 e. The molecule has 2 fully saturated rings. The standard InChI is InChI=1S/C22H31N5O3/c1-25-8-5-18(6-9-25)26-10-12-27(13-11-26)22(30)20(15-28)24-21(29)17-3-2-16-4-7-23-19(16)14-17/h2-4,7,14,18,20,23,28H,5-6,8-13,15H2,1H3,(H,24,29)/t20-/m1/s1. The number of aliphatic hydroxyl groups is 1. The summed E-state index contributed by atoms with van der Waals surface area (Å²) in [7, 11) is 2.16. The van der Waals surface area contributed by atoms with Crippen LogP contribution in [0.15, 0.2) is 30.5 Å². The SMILES string of the molecule is CN1CCC(N2CCN(C(=O)[C@@H](CO)NC(=O)c3ccc4cc[nH]c4c3)CC2)CC1. The first-order chi connectivity index (χ1) is 14.5. The van der Waals surface area contributed by atoms with Gasteiger partial charge >= 0.3 is 0 Å². The van der Waals surface area contributed by atoms with Gasteiger partial charge in [0.05, 0.1) is 6.61 Å². The first-order valence-electron chi connectivity index (χ1n) is 10.8. The van der Waals surface area contributed by atoms with Crippen LogP contribution in [0.5, 0.6) is 0 Å². The number of likely N-dealkylation sites (tertiary alicyclic amines) is 1. The fourth-order valence-corrected chi connectivity index (χ4v) is 4.50. The smallest absolute Gasteiger partial charge is 0.252 e. The normalized spacial score (nSPS) is 20.4. The van der Waals surface area contributed by atoms with Crippen molar-refractivity contribution in [2.24, 2.45) is 0 Å². The monoisotopic (exact) mass is 413 g/mol. The molecule has 4 rings (SSSR count). The number of hydrogen-bond acceptors (Lipinski definition) is 5. The molecule has 3 N–H and O–H groups in total. The van der Waals surface area contributed by atoms with Gasteiger partial charge in [0.25, 0.3) is 5.91 Å². The Balaban J connectivity index is 1.32. The molecule has 0 spiro atoms. The predicted octanol–water partition coefficient (Wildman–Crippen LogP) is 0.497. The second-order valence-corrected chi connectivity index (χ2v) is 8.38. The van der Waals surface area contributed by atoms with Crippen molar-refractivity contribution in [2.75, 3.05) is 52.9 Å². The van der Waals surface area contributed by atoms with Crippen molar-refractivity contribution in [3.05, 3.63) is 36.0 Å². The summed E-state index contributed by atoms with van der Waals surface area (Å²) in [6.45, 7) is 4.78. The van der Waals surface area contributed by atoms with Gasteiger partial charge in [0, 0.05) is 49.5 Å². The molecule has 30 heavy (non-hydrogen) atoms. The molecule has 162 valence electrons. The number of benzene rings is 1. The second kappa shape index (κ2) is 9.16. The number of nitrogens with one attached hydrogen (secondary N) is 2. The van der Waals surface area contributed by atoms with E-state index in [4.69, 9.17) is 0 Å². The third-order valence-electron chi connectivity index (χ3n) is 6.43. The van der Waals surface area contributed by atoms with Crippen molar-refractivity contribution in [3.63, 3.8) is 0 Å². The Morgan fingerprint density at radius 2 is 1.87 bits per heavy atom. The molecule has 2 aliphatic rings. The fraction of sp³-hybridized carbons (Fsp3) is 0.545. The molecule has 0 radical (unpaired) electrons. The molecule has 0 unspecified atom stereocenters. The summed E-state index contributed by atoms with van der Waals surface area (Å²) in [6, 6.07) is 6.94. The van der Waals surface area contributed by atoms with Gasteiger partial charge in [0.15, 0.2) is 0 Å². The lowest BCUT2D eigenvalue weighted by atomic mass is 10.0. The van der Waals surface area contributed by atoms with E-state index in [1.54, 1.807) is 17.0 Å². The molecule has 2 amide bonds. The average molecular weight is 414 g/mol. The molecule has 8 heteroatoms. The Labute approximate surface area is 176 Å². The van der Waals surface area contributed by atoms with Gasteiger partial charge in [0.1, 0.15) is 6.04 Å². The highest BCUT2D eigenvalue weighted by molar-refractivity contribution is 6.00. The Morgan fingerprint density at radius 1 is 1.13 bits per heavy atom. The van der Waals surface area contributed by atoms with Crippen LogP contribution in [0.4, 0.5) is 0 Å². The lowest BCUT2D eigenvalue weighted by molar-refractivity contribution is -0.136. The van der Waals surface area contributed by atoms with Crippen LogP contribution in [0, 0.1) is 0 Å². The topological polar surface area (TPSA) is 91.9 Å². The van der Waals surface area contributed by atoms with Gasteiger partial charge in [0.2, 0.25) is 5.91 Å². The van der Waals surface area contributed by atoms with Crippen LogP contribution >= 0.6 is 0 Å². The van der Waals surface area contributed by atoms with Crippen molar-refractivity contribution < 1.29 is 14.7 Å². The van der Waals surface area contributed by atoms with E-state index in [1.165, 1.54) is 12.8 Å². The predicted molar refractivity (Wildman–Crippen MR) is 115 cm³/mol. The molecule has 3 heterocycles. The van der Waals surface area contributed by atoms with Gasteiger partial charge in [-0.25, -0.2) is 0 Å². The van der Waals surface area contributed by atoms with Gasteiger partial charge in [-0.1, -0.05) is 6.07 Å². The number of carbonyl (C=O) groups is 2. The van der Waals surface area contributed by atoms with E-state index >= 15 is 0 Å². The molecule has 2 aromatic rings. The van der Waals surface area contributed by atoms with Gasteiger partial charge in [-0.2, -0.15) is 0 Å². The number of aromatic amines is 1. The lowest BCUT2D eigenvalue weighted by Gasteiger charge is -2.42. The number of piperidine rings is 1. The van der Waals surface area contributed by atoms with Crippen molar-refractivity contribution >= 4 is 22.7 Å². The molecule has 1 atom stereocenters. The molecule has 1 aromatic carbocycles. The van der Waals surface area contributed by atoms with E-state index in [-0.39, 0.29) is 11.8 Å². The number of piperazine rings is 1. The van der Waals surface area contributed by atoms with Crippen LogP contribution in [0.2, 0.25) is 0 Å². The van der Waals surface area contributed by atoms with Gasteiger partial charge in [-0.15, -0.1) is 0 Å². The van der Waals surface area contributed by atoms with Crippen LogP contribution in [0.1, 0.15) is 23.2 Å². The maximum atomic E-state index is 12.9. The summed E-state index contributed by atoms with van der Waals surface area (Å²) >= 11 is 0. The highest BCUT2D eigenvalue weighted by Crippen LogP contribution is 2.18. The minimum atomic E-state index is -0.924. The van der Waals surface area contributed by atoms with Crippen LogP contribution < -0.4 is 5.32 Å². The van der Waals surface area contributed by atoms with Gasteiger partial charge in [-0.3, -0.25) is 14.5 Å². The summed E-state index contributed by atoms with van der Waals surface area (Å²) in [5.41, 5.74) is 1.32. The Bertz CT molecular complexity index is 882. The zero-order chi connectivity index (χ0) is 21.1. The third kappa shape index (κ3) is 4.50. The number of rotatable bonds is 5. The maximum absolute atomic E-state index is 12.9. The van der Waals surface area contributed by atoms with Crippen molar-refractivity contribution in [2.45, 2.75) is 24.9 Å². The van der Waals surface area contributed by atoms with Crippen LogP contribution in [0.3, 0.4) is 0 Å². The van der Waals surface area contributed by atoms with E-state index in [9.17, 15) is 14.7 Å². The lowest BCUT2D eigenvalue weighted by Crippen LogP contribution is -2.58. The van der Waals surface area contributed by atoms with Crippen LogP contribution in [-0.4, -0.2) is 102 Å².